The molecule has 1 aromatic heterocycles. The maximum Gasteiger partial charge on any atom is 0.313 e. The fraction of sp³-hybridized carbons (Fsp3) is 0.333. The normalized spacial score (nSPS) is 11.9. The van der Waals surface area contributed by atoms with Gasteiger partial charge >= 0.3 is 5.97 Å². The molecule has 2 N–H and O–H groups in total. The molecule has 16 heavy (non-hydrogen) atoms. The molecule has 84 valence electrons. The molecule has 0 spiro atoms. The number of rotatable bonds is 2. The SMILES string of the molecule is Cc1[nH]nc2ccc(C(C)(C)C(=O)O)cc12. The number of nitrogens with one attached hydrogen (secondary N) is 1. The maximum absolute atomic E-state index is 11.2. The average molecular weight is 218 g/mol. The lowest BCUT2D eigenvalue weighted by molar-refractivity contribution is -0.142. The summed E-state index contributed by atoms with van der Waals surface area (Å²) < 4.78 is 0. The van der Waals surface area contributed by atoms with Gasteiger partial charge in [-0.3, -0.25) is 9.89 Å². The Bertz CT molecular complexity index is 555. The largest absolute Gasteiger partial charge is 0.481 e. The molecular formula is C12H14N2O2. The predicted octanol–water partition coefficient (Wildman–Crippen LogP) is 2.23. The van der Waals surface area contributed by atoms with Gasteiger partial charge in [-0.05, 0) is 38.5 Å². The molecule has 0 saturated carbocycles. The van der Waals surface area contributed by atoms with E-state index in [-0.39, 0.29) is 0 Å². The summed E-state index contributed by atoms with van der Waals surface area (Å²) in [6.07, 6.45) is 0. The highest BCUT2D eigenvalue weighted by Crippen LogP contribution is 2.27. The number of carbonyl (C=O) groups is 1. The number of benzene rings is 1. The van der Waals surface area contributed by atoms with Gasteiger partial charge in [0, 0.05) is 11.1 Å². The summed E-state index contributed by atoms with van der Waals surface area (Å²) in [6, 6.07) is 5.55. The van der Waals surface area contributed by atoms with Crippen molar-refractivity contribution in [3.8, 4) is 0 Å². The third-order valence-corrected chi connectivity index (χ3v) is 3.00. The second-order valence-electron chi connectivity index (χ2n) is 4.51. The van der Waals surface area contributed by atoms with Crippen LogP contribution in [-0.2, 0) is 10.2 Å². The van der Waals surface area contributed by atoms with Crippen LogP contribution in [0.25, 0.3) is 10.9 Å². The van der Waals surface area contributed by atoms with E-state index in [9.17, 15) is 4.79 Å². The number of carboxylic acid groups (broad SMARTS) is 1. The Kier molecular flexibility index (Phi) is 2.22. The Labute approximate surface area is 93.3 Å². The predicted molar refractivity (Wildman–Crippen MR) is 61.5 cm³/mol. The molecule has 0 unspecified atom stereocenters. The number of fused-ring (bicyclic) bond motifs is 1. The first-order valence-electron chi connectivity index (χ1n) is 5.11. The van der Waals surface area contributed by atoms with E-state index in [1.54, 1.807) is 13.8 Å². The van der Waals surface area contributed by atoms with E-state index in [2.05, 4.69) is 10.2 Å². The minimum atomic E-state index is -0.877. The van der Waals surface area contributed by atoms with E-state index >= 15 is 0 Å². The lowest BCUT2D eigenvalue weighted by Gasteiger charge is -2.19. The summed E-state index contributed by atoms with van der Waals surface area (Å²) in [6.45, 7) is 5.32. The van der Waals surface area contributed by atoms with Gasteiger partial charge in [-0.1, -0.05) is 6.07 Å². The van der Waals surface area contributed by atoms with Crippen LogP contribution < -0.4 is 0 Å². The molecule has 0 aliphatic rings. The van der Waals surface area contributed by atoms with Crippen LogP contribution in [0.1, 0.15) is 25.1 Å². The summed E-state index contributed by atoms with van der Waals surface area (Å²) in [7, 11) is 0. The number of hydrogen-bond acceptors (Lipinski definition) is 2. The molecule has 4 nitrogen and oxygen atoms in total. The van der Waals surface area contributed by atoms with Crippen LogP contribution in [0, 0.1) is 6.92 Å². The van der Waals surface area contributed by atoms with Gasteiger partial charge in [0.25, 0.3) is 0 Å². The van der Waals surface area contributed by atoms with Gasteiger partial charge in [-0.2, -0.15) is 5.10 Å². The van der Waals surface area contributed by atoms with Crippen LogP contribution in [0.15, 0.2) is 18.2 Å². The standard InChI is InChI=1S/C12H14N2O2/c1-7-9-6-8(12(2,3)11(15)16)4-5-10(9)14-13-7/h4-6H,1-3H3,(H,13,14)(H,15,16). The first-order chi connectivity index (χ1) is 7.43. The van der Waals surface area contributed by atoms with Crippen molar-refractivity contribution < 1.29 is 9.90 Å². The Hall–Kier alpha value is -1.84. The summed E-state index contributed by atoms with van der Waals surface area (Å²) >= 11 is 0. The highest BCUT2D eigenvalue weighted by atomic mass is 16.4. The van der Waals surface area contributed by atoms with Crippen LogP contribution >= 0.6 is 0 Å². The summed E-state index contributed by atoms with van der Waals surface area (Å²) in [5, 5.41) is 17.1. The van der Waals surface area contributed by atoms with Crippen molar-refractivity contribution in [2.24, 2.45) is 0 Å². The minimum Gasteiger partial charge on any atom is -0.481 e. The molecule has 0 fully saturated rings. The third-order valence-electron chi connectivity index (χ3n) is 3.00. The molecule has 1 aromatic carbocycles. The number of nitrogens with zero attached hydrogens (tertiary/aromatic N) is 1. The fourth-order valence-corrected chi connectivity index (χ4v) is 1.65. The zero-order chi connectivity index (χ0) is 11.9. The molecule has 0 amide bonds. The Morgan fingerprint density at radius 2 is 2.12 bits per heavy atom. The van der Waals surface area contributed by atoms with Gasteiger partial charge < -0.3 is 5.11 Å². The van der Waals surface area contributed by atoms with Crippen molar-refractivity contribution in [3.05, 3.63) is 29.5 Å². The second kappa shape index (κ2) is 3.33. The first kappa shape index (κ1) is 10.7. The summed E-state index contributed by atoms with van der Waals surface area (Å²) in [4.78, 5) is 11.2. The molecule has 0 atom stereocenters. The van der Waals surface area contributed by atoms with Gasteiger partial charge in [0.05, 0.1) is 10.9 Å². The third kappa shape index (κ3) is 1.46. The van der Waals surface area contributed by atoms with Crippen molar-refractivity contribution >= 4 is 16.9 Å². The number of aromatic nitrogens is 2. The molecule has 0 bridgehead atoms. The molecule has 2 rings (SSSR count). The van der Waals surface area contributed by atoms with Crippen LogP contribution in [0.5, 0.6) is 0 Å². The van der Waals surface area contributed by atoms with Gasteiger partial charge in [0.1, 0.15) is 0 Å². The topological polar surface area (TPSA) is 66.0 Å². The number of hydrogen-bond donors (Lipinski definition) is 2. The van der Waals surface area contributed by atoms with Crippen molar-refractivity contribution in [2.75, 3.05) is 0 Å². The van der Waals surface area contributed by atoms with Crippen LogP contribution in [-0.4, -0.2) is 21.3 Å². The second-order valence-corrected chi connectivity index (χ2v) is 4.51. The van der Waals surface area contributed by atoms with Gasteiger partial charge in [0.2, 0.25) is 0 Å². The lowest BCUT2D eigenvalue weighted by Crippen LogP contribution is -2.28. The number of aryl methyl sites for hydroxylation is 1. The van der Waals surface area contributed by atoms with Gasteiger partial charge in [-0.15, -0.1) is 0 Å². The summed E-state index contributed by atoms with van der Waals surface area (Å²) in [5.41, 5.74) is 1.73. The first-order valence-corrected chi connectivity index (χ1v) is 5.11. The molecule has 4 heteroatoms. The highest BCUT2D eigenvalue weighted by Gasteiger charge is 2.29. The molecule has 2 aromatic rings. The quantitative estimate of drug-likeness (QED) is 0.812. The zero-order valence-corrected chi connectivity index (χ0v) is 9.53. The van der Waals surface area contributed by atoms with E-state index in [4.69, 9.17) is 5.11 Å². The Balaban J connectivity index is 2.62. The Morgan fingerprint density at radius 3 is 2.75 bits per heavy atom. The number of aromatic amines is 1. The number of carboxylic acids is 1. The van der Waals surface area contributed by atoms with E-state index in [1.807, 2.05) is 25.1 Å². The fourth-order valence-electron chi connectivity index (χ4n) is 1.65. The highest BCUT2D eigenvalue weighted by molar-refractivity contribution is 5.86. The zero-order valence-electron chi connectivity index (χ0n) is 9.53. The van der Waals surface area contributed by atoms with E-state index in [1.165, 1.54) is 0 Å². The maximum atomic E-state index is 11.2. The number of H-pyrrole nitrogens is 1. The molecular weight excluding hydrogens is 204 g/mol. The molecule has 0 saturated heterocycles. The van der Waals surface area contributed by atoms with Gasteiger partial charge in [0.15, 0.2) is 0 Å². The molecule has 0 aliphatic heterocycles. The smallest absolute Gasteiger partial charge is 0.313 e. The molecule has 0 radical (unpaired) electrons. The van der Waals surface area contributed by atoms with E-state index in [0.29, 0.717) is 0 Å². The van der Waals surface area contributed by atoms with Crippen LogP contribution in [0.2, 0.25) is 0 Å². The van der Waals surface area contributed by atoms with Crippen molar-refractivity contribution in [1.29, 1.82) is 0 Å². The van der Waals surface area contributed by atoms with Crippen molar-refractivity contribution in [1.82, 2.24) is 10.2 Å². The van der Waals surface area contributed by atoms with Crippen LogP contribution in [0.4, 0.5) is 0 Å². The minimum absolute atomic E-state index is 0.789. The Morgan fingerprint density at radius 1 is 1.44 bits per heavy atom. The molecule has 0 aliphatic carbocycles. The lowest BCUT2D eigenvalue weighted by atomic mass is 9.84. The number of aliphatic carboxylic acids is 1. The van der Waals surface area contributed by atoms with E-state index < -0.39 is 11.4 Å². The van der Waals surface area contributed by atoms with Crippen molar-refractivity contribution in [3.63, 3.8) is 0 Å². The average Bonchev–Trinajstić information content (AvgIpc) is 2.60. The molecule has 1 heterocycles. The van der Waals surface area contributed by atoms with Gasteiger partial charge in [-0.25, -0.2) is 0 Å². The summed E-state index contributed by atoms with van der Waals surface area (Å²) in [5.74, 6) is -0.826. The van der Waals surface area contributed by atoms with E-state index in [0.717, 1.165) is 22.2 Å². The van der Waals surface area contributed by atoms with Crippen molar-refractivity contribution in [2.45, 2.75) is 26.2 Å². The van der Waals surface area contributed by atoms with Crippen LogP contribution in [0.3, 0.4) is 0 Å². The monoisotopic (exact) mass is 218 g/mol.